The third-order valence-electron chi connectivity index (χ3n) is 3.74. The molecule has 0 aromatic carbocycles. The lowest BCUT2D eigenvalue weighted by molar-refractivity contribution is -0.0749. The van der Waals surface area contributed by atoms with Crippen LogP contribution in [0.2, 0.25) is 0 Å². The number of likely N-dealkylation sites (N-methyl/N-ethyl adjacent to an activating group) is 1. The zero-order valence-electron chi connectivity index (χ0n) is 10.2. The van der Waals surface area contributed by atoms with E-state index in [4.69, 9.17) is 4.74 Å². The highest BCUT2D eigenvalue weighted by Crippen LogP contribution is 2.25. The summed E-state index contributed by atoms with van der Waals surface area (Å²) >= 11 is 0. The molecule has 1 N–H and O–H groups in total. The Hall–Kier alpha value is -0.120. The number of ether oxygens (including phenoxy) is 1. The van der Waals surface area contributed by atoms with Crippen LogP contribution in [0.3, 0.4) is 0 Å². The Bertz CT molecular complexity index is 196. The number of hydrogen-bond acceptors (Lipinski definition) is 3. The van der Waals surface area contributed by atoms with Crippen molar-refractivity contribution in [3.05, 3.63) is 0 Å². The topological polar surface area (TPSA) is 24.5 Å². The predicted molar refractivity (Wildman–Crippen MR) is 62.1 cm³/mol. The fourth-order valence-electron chi connectivity index (χ4n) is 2.96. The van der Waals surface area contributed by atoms with Gasteiger partial charge in [-0.1, -0.05) is 6.92 Å². The smallest absolute Gasteiger partial charge is 0.0565 e. The van der Waals surface area contributed by atoms with Gasteiger partial charge >= 0.3 is 0 Å². The Morgan fingerprint density at radius 2 is 1.73 bits per heavy atom. The Labute approximate surface area is 93.2 Å². The van der Waals surface area contributed by atoms with E-state index in [1.54, 1.807) is 0 Å². The van der Waals surface area contributed by atoms with Crippen LogP contribution >= 0.6 is 0 Å². The van der Waals surface area contributed by atoms with E-state index in [9.17, 15) is 0 Å². The minimum atomic E-state index is 0.431. The van der Waals surface area contributed by atoms with E-state index in [0.29, 0.717) is 12.2 Å². The molecule has 0 bridgehead atoms. The molecule has 3 nitrogen and oxygen atoms in total. The van der Waals surface area contributed by atoms with E-state index in [-0.39, 0.29) is 0 Å². The molecule has 2 aliphatic rings. The van der Waals surface area contributed by atoms with Crippen LogP contribution in [-0.2, 0) is 4.74 Å². The molecule has 2 saturated heterocycles. The molecule has 2 rings (SSSR count). The Balaban J connectivity index is 1.93. The minimum absolute atomic E-state index is 0.431. The highest BCUT2D eigenvalue weighted by atomic mass is 16.5. The third kappa shape index (κ3) is 2.52. The van der Waals surface area contributed by atoms with Gasteiger partial charge in [0, 0.05) is 25.2 Å². The highest BCUT2D eigenvalue weighted by molar-refractivity contribution is 4.90. The maximum Gasteiger partial charge on any atom is 0.0565 e. The summed E-state index contributed by atoms with van der Waals surface area (Å²) in [5, 5.41) is 3.36. The summed E-state index contributed by atoms with van der Waals surface area (Å²) in [7, 11) is 0. The van der Waals surface area contributed by atoms with Gasteiger partial charge in [-0.3, -0.25) is 4.90 Å². The summed E-state index contributed by atoms with van der Waals surface area (Å²) in [5.41, 5.74) is 0. The van der Waals surface area contributed by atoms with Crippen LogP contribution in [0, 0.1) is 0 Å². The van der Waals surface area contributed by atoms with E-state index in [2.05, 4.69) is 31.0 Å². The van der Waals surface area contributed by atoms with Crippen molar-refractivity contribution in [2.24, 2.45) is 0 Å². The highest BCUT2D eigenvalue weighted by Gasteiger charge is 2.33. The summed E-state index contributed by atoms with van der Waals surface area (Å²) in [6.45, 7) is 10.2. The standard InChI is InChI=1S/C12H24N2O/c1-4-14(12-7-13-8-12)11-5-9(2)15-10(3)6-11/h9-13H,4-8H2,1-3H3. The van der Waals surface area contributed by atoms with E-state index >= 15 is 0 Å². The number of nitrogens with one attached hydrogen (secondary N) is 1. The van der Waals surface area contributed by atoms with Gasteiger partial charge in [0.05, 0.1) is 12.2 Å². The lowest BCUT2D eigenvalue weighted by Gasteiger charge is -2.46. The number of rotatable bonds is 3. The predicted octanol–water partition coefficient (Wildman–Crippen LogP) is 1.24. The molecule has 88 valence electrons. The maximum absolute atomic E-state index is 5.80. The van der Waals surface area contributed by atoms with Crippen LogP contribution in [-0.4, -0.2) is 48.8 Å². The Morgan fingerprint density at radius 1 is 1.13 bits per heavy atom. The van der Waals surface area contributed by atoms with Crippen LogP contribution in [0.1, 0.15) is 33.6 Å². The van der Waals surface area contributed by atoms with Gasteiger partial charge in [-0.05, 0) is 33.2 Å². The molecule has 15 heavy (non-hydrogen) atoms. The molecule has 2 fully saturated rings. The van der Waals surface area contributed by atoms with Gasteiger partial charge in [0.25, 0.3) is 0 Å². The molecule has 0 spiro atoms. The first-order valence-electron chi connectivity index (χ1n) is 6.32. The third-order valence-corrected chi connectivity index (χ3v) is 3.74. The van der Waals surface area contributed by atoms with Gasteiger partial charge in [-0.15, -0.1) is 0 Å². The van der Waals surface area contributed by atoms with Crippen LogP contribution < -0.4 is 5.32 Å². The lowest BCUT2D eigenvalue weighted by atomic mass is 9.95. The van der Waals surface area contributed by atoms with Crippen molar-refractivity contribution in [2.75, 3.05) is 19.6 Å². The van der Waals surface area contributed by atoms with E-state index < -0.39 is 0 Å². The Morgan fingerprint density at radius 3 is 2.13 bits per heavy atom. The molecular formula is C12H24N2O. The molecule has 0 aromatic rings. The second-order valence-electron chi connectivity index (χ2n) is 5.03. The van der Waals surface area contributed by atoms with E-state index in [0.717, 1.165) is 12.1 Å². The fourth-order valence-corrected chi connectivity index (χ4v) is 2.96. The zero-order chi connectivity index (χ0) is 10.8. The van der Waals surface area contributed by atoms with Crippen molar-refractivity contribution in [3.63, 3.8) is 0 Å². The molecule has 0 radical (unpaired) electrons. The van der Waals surface area contributed by atoms with Crippen LogP contribution in [0.5, 0.6) is 0 Å². The molecule has 0 aliphatic carbocycles. The Kier molecular flexibility index (Phi) is 3.65. The minimum Gasteiger partial charge on any atom is -0.375 e. The number of hydrogen-bond donors (Lipinski definition) is 1. The fraction of sp³-hybridized carbons (Fsp3) is 1.00. The van der Waals surface area contributed by atoms with Crippen molar-refractivity contribution in [1.82, 2.24) is 10.2 Å². The summed E-state index contributed by atoms with van der Waals surface area (Å²) in [6, 6.07) is 1.51. The van der Waals surface area contributed by atoms with Crippen molar-refractivity contribution in [3.8, 4) is 0 Å². The van der Waals surface area contributed by atoms with E-state index in [1.165, 1.54) is 32.5 Å². The largest absolute Gasteiger partial charge is 0.375 e. The van der Waals surface area contributed by atoms with Crippen LogP contribution in [0.4, 0.5) is 0 Å². The average molecular weight is 212 g/mol. The molecule has 0 amide bonds. The molecule has 2 atom stereocenters. The summed E-state index contributed by atoms with van der Waals surface area (Å²) in [4.78, 5) is 2.67. The molecule has 2 heterocycles. The van der Waals surface area contributed by atoms with Gasteiger partial charge in [-0.2, -0.15) is 0 Å². The van der Waals surface area contributed by atoms with Gasteiger partial charge < -0.3 is 10.1 Å². The van der Waals surface area contributed by atoms with Gasteiger partial charge in [-0.25, -0.2) is 0 Å². The number of nitrogens with zero attached hydrogens (tertiary/aromatic N) is 1. The summed E-state index contributed by atoms with van der Waals surface area (Å²) in [6.07, 6.45) is 3.27. The van der Waals surface area contributed by atoms with Gasteiger partial charge in [0.1, 0.15) is 0 Å². The van der Waals surface area contributed by atoms with Gasteiger partial charge in [0.2, 0.25) is 0 Å². The first-order chi connectivity index (χ1) is 7.20. The second-order valence-corrected chi connectivity index (χ2v) is 5.03. The molecule has 3 heteroatoms. The van der Waals surface area contributed by atoms with Crippen molar-refractivity contribution in [1.29, 1.82) is 0 Å². The molecule has 2 aliphatic heterocycles. The second kappa shape index (κ2) is 4.81. The van der Waals surface area contributed by atoms with Crippen molar-refractivity contribution < 1.29 is 4.74 Å². The SMILES string of the molecule is CCN(C1CNC1)C1CC(C)OC(C)C1. The van der Waals surface area contributed by atoms with Crippen molar-refractivity contribution in [2.45, 2.75) is 57.9 Å². The van der Waals surface area contributed by atoms with Gasteiger partial charge in [0.15, 0.2) is 0 Å². The van der Waals surface area contributed by atoms with Crippen LogP contribution in [0.15, 0.2) is 0 Å². The maximum atomic E-state index is 5.80. The monoisotopic (exact) mass is 212 g/mol. The quantitative estimate of drug-likeness (QED) is 0.761. The summed E-state index contributed by atoms with van der Waals surface area (Å²) < 4.78 is 5.80. The molecule has 0 saturated carbocycles. The van der Waals surface area contributed by atoms with E-state index in [1.807, 2.05) is 0 Å². The summed E-state index contributed by atoms with van der Waals surface area (Å²) in [5.74, 6) is 0. The van der Waals surface area contributed by atoms with Crippen molar-refractivity contribution >= 4 is 0 Å². The average Bonchev–Trinajstić information content (AvgIpc) is 2.08. The first kappa shape index (κ1) is 11.4. The molecule has 0 aromatic heterocycles. The normalized spacial score (nSPS) is 38.0. The van der Waals surface area contributed by atoms with Crippen LogP contribution in [0.25, 0.3) is 0 Å². The molecular weight excluding hydrogens is 188 g/mol. The first-order valence-corrected chi connectivity index (χ1v) is 6.32. The lowest BCUT2D eigenvalue weighted by Crippen LogP contribution is -2.61. The molecule has 2 unspecified atom stereocenters. The zero-order valence-corrected chi connectivity index (χ0v) is 10.2.